The summed E-state index contributed by atoms with van der Waals surface area (Å²) in [6, 6.07) is -0.692. The van der Waals surface area contributed by atoms with Crippen molar-refractivity contribution in [2.45, 2.75) is 32.0 Å². The third kappa shape index (κ3) is 2.75. The standard InChI is InChI=1S/C9H10F3N3O2/c1-4(13-7(16)5-2-3-5)6-14-8(17-15-6)9(10,11)12/h4-5H,2-3H2,1H3,(H,13,16). The minimum absolute atomic E-state index is 0.0218. The van der Waals surface area contributed by atoms with Gasteiger partial charge in [0, 0.05) is 5.92 Å². The summed E-state index contributed by atoms with van der Waals surface area (Å²) in [6.45, 7) is 1.51. The van der Waals surface area contributed by atoms with Crippen molar-refractivity contribution < 1.29 is 22.5 Å². The summed E-state index contributed by atoms with van der Waals surface area (Å²) < 4.78 is 40.6. The number of alkyl halides is 3. The Bertz CT molecular complexity index is 425. The average molecular weight is 249 g/mol. The zero-order valence-corrected chi connectivity index (χ0v) is 8.91. The van der Waals surface area contributed by atoms with Crippen molar-refractivity contribution in [3.05, 3.63) is 11.7 Å². The maximum atomic E-state index is 12.2. The van der Waals surface area contributed by atoms with Crippen LogP contribution in [0.5, 0.6) is 0 Å². The van der Waals surface area contributed by atoms with E-state index >= 15 is 0 Å². The predicted octanol–water partition coefficient (Wildman–Crippen LogP) is 1.68. The molecular formula is C9H10F3N3O2. The molecule has 0 aromatic carbocycles. The quantitative estimate of drug-likeness (QED) is 0.884. The molecule has 5 nitrogen and oxygen atoms in total. The lowest BCUT2D eigenvalue weighted by atomic mass is 10.3. The van der Waals surface area contributed by atoms with E-state index in [1.807, 2.05) is 0 Å². The summed E-state index contributed by atoms with van der Waals surface area (Å²) in [4.78, 5) is 14.6. The number of hydrogen-bond donors (Lipinski definition) is 1. The first-order chi connectivity index (χ1) is 7.88. The first-order valence-corrected chi connectivity index (χ1v) is 5.09. The molecule has 0 radical (unpaired) electrons. The first-order valence-electron chi connectivity index (χ1n) is 5.09. The van der Waals surface area contributed by atoms with Gasteiger partial charge in [0.15, 0.2) is 5.82 Å². The smallest absolute Gasteiger partial charge is 0.346 e. The van der Waals surface area contributed by atoms with Crippen molar-refractivity contribution in [1.82, 2.24) is 15.5 Å². The maximum Gasteiger partial charge on any atom is 0.471 e. The van der Waals surface area contributed by atoms with E-state index in [0.717, 1.165) is 12.8 Å². The Morgan fingerprint density at radius 1 is 1.53 bits per heavy atom. The second-order valence-electron chi connectivity index (χ2n) is 3.96. The van der Waals surface area contributed by atoms with Crippen molar-refractivity contribution in [1.29, 1.82) is 0 Å². The number of nitrogens with zero attached hydrogens (tertiary/aromatic N) is 2. The number of carbonyl (C=O) groups is 1. The van der Waals surface area contributed by atoms with Gasteiger partial charge in [-0.15, -0.1) is 0 Å². The van der Waals surface area contributed by atoms with Gasteiger partial charge in [0.1, 0.15) is 0 Å². The molecule has 8 heteroatoms. The van der Waals surface area contributed by atoms with Crippen LogP contribution in [0.3, 0.4) is 0 Å². The molecule has 1 aliphatic rings. The van der Waals surface area contributed by atoms with Gasteiger partial charge in [-0.1, -0.05) is 5.16 Å². The number of rotatable bonds is 3. The molecule has 17 heavy (non-hydrogen) atoms. The topological polar surface area (TPSA) is 68.0 Å². The van der Waals surface area contributed by atoms with E-state index in [-0.39, 0.29) is 17.6 Å². The fourth-order valence-corrected chi connectivity index (χ4v) is 1.27. The molecule has 1 aromatic heterocycles. The number of amides is 1. The lowest BCUT2D eigenvalue weighted by molar-refractivity contribution is -0.159. The minimum Gasteiger partial charge on any atom is -0.346 e. The summed E-state index contributed by atoms with van der Waals surface area (Å²) in [5.41, 5.74) is 0. The van der Waals surface area contributed by atoms with Crippen LogP contribution in [-0.4, -0.2) is 16.0 Å². The maximum absolute atomic E-state index is 12.2. The van der Waals surface area contributed by atoms with Gasteiger partial charge in [-0.25, -0.2) is 0 Å². The van der Waals surface area contributed by atoms with E-state index in [1.54, 1.807) is 0 Å². The van der Waals surface area contributed by atoms with Gasteiger partial charge in [0.05, 0.1) is 6.04 Å². The molecule has 1 atom stereocenters. The highest BCUT2D eigenvalue weighted by atomic mass is 19.4. The second kappa shape index (κ2) is 4.01. The molecule has 0 bridgehead atoms. The summed E-state index contributed by atoms with van der Waals surface area (Å²) in [5, 5.41) is 5.73. The van der Waals surface area contributed by atoms with Crippen molar-refractivity contribution in [3.63, 3.8) is 0 Å². The van der Waals surface area contributed by atoms with Crippen molar-refractivity contribution in [2.75, 3.05) is 0 Å². The Hall–Kier alpha value is -1.60. The lowest BCUT2D eigenvalue weighted by Gasteiger charge is -2.08. The van der Waals surface area contributed by atoms with Gasteiger partial charge < -0.3 is 9.84 Å². The number of carbonyl (C=O) groups excluding carboxylic acids is 1. The molecule has 0 aliphatic heterocycles. The van der Waals surface area contributed by atoms with Gasteiger partial charge in [0.2, 0.25) is 5.91 Å². The molecular weight excluding hydrogens is 239 g/mol. The molecule has 0 saturated heterocycles. The van der Waals surface area contributed by atoms with E-state index in [1.165, 1.54) is 6.92 Å². The molecule has 0 spiro atoms. The largest absolute Gasteiger partial charge is 0.471 e. The van der Waals surface area contributed by atoms with Crippen LogP contribution >= 0.6 is 0 Å². The monoisotopic (exact) mass is 249 g/mol. The van der Waals surface area contributed by atoms with Crippen LogP contribution in [-0.2, 0) is 11.0 Å². The summed E-state index contributed by atoms with van der Waals surface area (Å²) in [5.74, 6) is -1.78. The zero-order chi connectivity index (χ0) is 12.6. The van der Waals surface area contributed by atoms with E-state index in [0.29, 0.717) is 0 Å². The highest BCUT2D eigenvalue weighted by Gasteiger charge is 2.39. The van der Waals surface area contributed by atoms with Crippen LogP contribution in [0.4, 0.5) is 13.2 Å². The fraction of sp³-hybridized carbons (Fsp3) is 0.667. The van der Waals surface area contributed by atoms with E-state index < -0.39 is 18.1 Å². The van der Waals surface area contributed by atoms with Crippen molar-refractivity contribution >= 4 is 5.91 Å². The Morgan fingerprint density at radius 2 is 2.18 bits per heavy atom. The number of aromatic nitrogens is 2. The Morgan fingerprint density at radius 3 is 2.65 bits per heavy atom. The summed E-state index contributed by atoms with van der Waals surface area (Å²) in [6.07, 6.45) is -3.03. The Labute approximate surface area is 94.4 Å². The molecule has 1 aliphatic carbocycles. The summed E-state index contributed by atoms with van der Waals surface area (Å²) >= 11 is 0. The lowest BCUT2D eigenvalue weighted by Crippen LogP contribution is -2.28. The van der Waals surface area contributed by atoms with Gasteiger partial charge in [0.25, 0.3) is 0 Å². The third-order valence-corrected chi connectivity index (χ3v) is 2.38. The van der Waals surface area contributed by atoms with E-state index in [2.05, 4.69) is 20.0 Å². The van der Waals surface area contributed by atoms with Gasteiger partial charge in [-0.05, 0) is 19.8 Å². The van der Waals surface area contributed by atoms with Crippen LogP contribution in [0.15, 0.2) is 4.52 Å². The number of nitrogens with one attached hydrogen (secondary N) is 1. The van der Waals surface area contributed by atoms with Crippen LogP contribution in [0.2, 0.25) is 0 Å². The molecule has 1 fully saturated rings. The Balaban J connectivity index is 2.01. The Kier molecular flexibility index (Phi) is 2.80. The molecule has 1 heterocycles. The molecule has 1 saturated carbocycles. The third-order valence-electron chi connectivity index (χ3n) is 2.38. The average Bonchev–Trinajstić information content (AvgIpc) is 2.93. The molecule has 1 N–H and O–H groups in total. The molecule has 1 aromatic rings. The normalized spacial score (nSPS) is 17.9. The van der Waals surface area contributed by atoms with Crippen LogP contribution in [0.25, 0.3) is 0 Å². The predicted molar refractivity (Wildman–Crippen MR) is 48.6 cm³/mol. The van der Waals surface area contributed by atoms with Crippen LogP contribution < -0.4 is 5.32 Å². The molecule has 94 valence electrons. The van der Waals surface area contributed by atoms with Gasteiger partial charge in [-0.2, -0.15) is 18.2 Å². The fourth-order valence-electron chi connectivity index (χ4n) is 1.27. The van der Waals surface area contributed by atoms with Crippen molar-refractivity contribution in [2.24, 2.45) is 5.92 Å². The molecule has 2 rings (SSSR count). The SMILES string of the molecule is CC(NC(=O)C1CC1)c1noc(C(F)(F)F)n1. The molecule has 1 amide bonds. The minimum atomic E-state index is -4.66. The highest BCUT2D eigenvalue weighted by molar-refractivity contribution is 5.81. The van der Waals surface area contributed by atoms with Crippen LogP contribution in [0.1, 0.15) is 37.5 Å². The number of hydrogen-bond acceptors (Lipinski definition) is 4. The number of halogens is 3. The zero-order valence-electron chi connectivity index (χ0n) is 8.91. The van der Waals surface area contributed by atoms with Gasteiger partial charge in [-0.3, -0.25) is 4.79 Å². The van der Waals surface area contributed by atoms with Crippen LogP contribution in [0, 0.1) is 5.92 Å². The molecule has 1 unspecified atom stereocenters. The van der Waals surface area contributed by atoms with E-state index in [4.69, 9.17) is 0 Å². The highest BCUT2D eigenvalue weighted by Crippen LogP contribution is 2.30. The summed E-state index contributed by atoms with van der Waals surface area (Å²) in [7, 11) is 0. The first kappa shape index (κ1) is 11.9. The second-order valence-corrected chi connectivity index (χ2v) is 3.96. The van der Waals surface area contributed by atoms with Crippen molar-refractivity contribution in [3.8, 4) is 0 Å². The van der Waals surface area contributed by atoms with E-state index in [9.17, 15) is 18.0 Å². The van der Waals surface area contributed by atoms with Gasteiger partial charge >= 0.3 is 12.1 Å².